The first-order chi connectivity index (χ1) is 10.1. The van der Waals surface area contributed by atoms with Gasteiger partial charge in [0, 0.05) is 19.2 Å². The second kappa shape index (κ2) is 8.82. The van der Waals surface area contributed by atoms with Crippen LogP contribution in [0.25, 0.3) is 0 Å². The SMILES string of the molecule is COc1cc(OC)cc(C(O)CNC(=O)C2CCNC2)c1.Cl. The molecule has 0 aliphatic carbocycles. The Morgan fingerprint density at radius 1 is 1.36 bits per heavy atom. The van der Waals surface area contributed by atoms with E-state index in [1.165, 1.54) is 0 Å². The summed E-state index contributed by atoms with van der Waals surface area (Å²) in [5.41, 5.74) is 0.649. The summed E-state index contributed by atoms with van der Waals surface area (Å²) in [5, 5.41) is 16.1. The van der Waals surface area contributed by atoms with Crippen molar-refractivity contribution in [1.29, 1.82) is 0 Å². The Bertz CT molecular complexity index is 470. The molecule has 2 unspecified atom stereocenters. The fourth-order valence-electron chi connectivity index (χ4n) is 2.36. The van der Waals surface area contributed by atoms with Gasteiger partial charge in [-0.05, 0) is 30.7 Å². The second-order valence-electron chi connectivity index (χ2n) is 5.10. The van der Waals surface area contributed by atoms with Gasteiger partial charge in [-0.2, -0.15) is 0 Å². The molecular formula is C15H23ClN2O4. The predicted octanol–water partition coefficient (Wildman–Crippen LogP) is 0.885. The molecule has 1 heterocycles. The second-order valence-corrected chi connectivity index (χ2v) is 5.10. The average molecular weight is 331 g/mol. The van der Waals surface area contributed by atoms with Gasteiger partial charge in [-0.25, -0.2) is 0 Å². The van der Waals surface area contributed by atoms with Gasteiger partial charge in [0.25, 0.3) is 0 Å². The van der Waals surface area contributed by atoms with E-state index in [4.69, 9.17) is 9.47 Å². The van der Waals surface area contributed by atoms with Crippen LogP contribution in [0.15, 0.2) is 18.2 Å². The molecule has 6 nitrogen and oxygen atoms in total. The van der Waals surface area contributed by atoms with Gasteiger partial charge in [-0.1, -0.05) is 0 Å². The fourth-order valence-corrected chi connectivity index (χ4v) is 2.36. The zero-order chi connectivity index (χ0) is 15.2. The van der Waals surface area contributed by atoms with Crippen molar-refractivity contribution in [1.82, 2.24) is 10.6 Å². The molecule has 1 aromatic rings. The average Bonchev–Trinajstić information content (AvgIpc) is 3.06. The van der Waals surface area contributed by atoms with Crippen LogP contribution in [0, 0.1) is 5.92 Å². The van der Waals surface area contributed by atoms with E-state index in [9.17, 15) is 9.90 Å². The van der Waals surface area contributed by atoms with Crippen LogP contribution >= 0.6 is 12.4 Å². The highest BCUT2D eigenvalue weighted by Gasteiger charge is 2.23. The van der Waals surface area contributed by atoms with Crippen LogP contribution in [0.1, 0.15) is 18.1 Å². The molecule has 22 heavy (non-hydrogen) atoms. The van der Waals surface area contributed by atoms with E-state index in [0.717, 1.165) is 13.0 Å². The number of carbonyl (C=O) groups is 1. The van der Waals surface area contributed by atoms with E-state index in [2.05, 4.69) is 10.6 Å². The molecule has 124 valence electrons. The van der Waals surface area contributed by atoms with E-state index in [-0.39, 0.29) is 30.8 Å². The zero-order valence-corrected chi connectivity index (χ0v) is 13.6. The monoisotopic (exact) mass is 330 g/mol. The molecule has 1 fully saturated rings. The Kier molecular flexibility index (Phi) is 7.44. The molecule has 7 heteroatoms. The van der Waals surface area contributed by atoms with E-state index < -0.39 is 6.10 Å². The lowest BCUT2D eigenvalue weighted by Gasteiger charge is -2.16. The van der Waals surface area contributed by atoms with Gasteiger partial charge in [0.2, 0.25) is 5.91 Å². The lowest BCUT2D eigenvalue weighted by Crippen LogP contribution is -2.34. The maximum absolute atomic E-state index is 11.9. The van der Waals surface area contributed by atoms with Crippen LogP contribution < -0.4 is 20.1 Å². The lowest BCUT2D eigenvalue weighted by atomic mass is 10.1. The number of methoxy groups -OCH3 is 2. The quantitative estimate of drug-likeness (QED) is 0.721. The number of hydrogen-bond acceptors (Lipinski definition) is 5. The van der Waals surface area contributed by atoms with Crippen molar-refractivity contribution in [2.24, 2.45) is 5.92 Å². The molecule has 2 atom stereocenters. The van der Waals surface area contributed by atoms with Crippen molar-refractivity contribution >= 4 is 18.3 Å². The maximum Gasteiger partial charge on any atom is 0.224 e. The van der Waals surface area contributed by atoms with Gasteiger partial charge in [0.1, 0.15) is 11.5 Å². The Labute approximate surface area is 136 Å². The van der Waals surface area contributed by atoms with Crippen molar-refractivity contribution in [2.75, 3.05) is 33.9 Å². The first-order valence-electron chi connectivity index (χ1n) is 7.03. The molecular weight excluding hydrogens is 308 g/mol. The fraction of sp³-hybridized carbons (Fsp3) is 0.533. The molecule has 3 N–H and O–H groups in total. The maximum atomic E-state index is 11.9. The Hall–Kier alpha value is -1.50. The van der Waals surface area contributed by atoms with Crippen LogP contribution in [0.4, 0.5) is 0 Å². The summed E-state index contributed by atoms with van der Waals surface area (Å²) in [6, 6.07) is 5.20. The summed E-state index contributed by atoms with van der Waals surface area (Å²) in [6.45, 7) is 1.74. The zero-order valence-electron chi connectivity index (χ0n) is 12.8. The summed E-state index contributed by atoms with van der Waals surface area (Å²) in [5.74, 6) is 1.19. The van der Waals surface area contributed by atoms with Gasteiger partial charge < -0.3 is 25.2 Å². The van der Waals surface area contributed by atoms with Crippen molar-refractivity contribution in [3.05, 3.63) is 23.8 Å². The van der Waals surface area contributed by atoms with Gasteiger partial charge in [0.05, 0.1) is 26.2 Å². The standard InChI is InChI=1S/C15H22N2O4.ClH/c1-20-12-5-11(6-13(7-12)21-2)14(18)9-17-15(19)10-3-4-16-8-10;/h5-7,10,14,16,18H,3-4,8-9H2,1-2H3,(H,17,19);1H. The normalized spacial score (nSPS) is 18.2. The smallest absolute Gasteiger partial charge is 0.224 e. The van der Waals surface area contributed by atoms with Crippen LogP contribution in [0.2, 0.25) is 0 Å². The third-order valence-electron chi connectivity index (χ3n) is 3.66. The summed E-state index contributed by atoms with van der Waals surface area (Å²) in [4.78, 5) is 11.9. The third-order valence-corrected chi connectivity index (χ3v) is 3.66. The van der Waals surface area contributed by atoms with Crippen LogP contribution in [-0.4, -0.2) is 44.9 Å². The van der Waals surface area contributed by atoms with E-state index in [0.29, 0.717) is 23.6 Å². The highest BCUT2D eigenvalue weighted by atomic mass is 35.5. The van der Waals surface area contributed by atoms with E-state index in [1.807, 2.05) is 0 Å². The Balaban J connectivity index is 0.00000242. The summed E-state index contributed by atoms with van der Waals surface area (Å²) in [6.07, 6.45) is 0.0434. The number of rotatable bonds is 6. The van der Waals surface area contributed by atoms with Gasteiger partial charge in [-0.3, -0.25) is 4.79 Å². The summed E-state index contributed by atoms with van der Waals surface area (Å²) >= 11 is 0. The molecule has 2 rings (SSSR count). The number of nitrogens with one attached hydrogen (secondary N) is 2. The van der Waals surface area contributed by atoms with Crippen LogP contribution in [0.3, 0.4) is 0 Å². The highest BCUT2D eigenvalue weighted by Crippen LogP contribution is 2.26. The molecule has 0 aromatic heterocycles. The van der Waals surface area contributed by atoms with Crippen molar-refractivity contribution < 1.29 is 19.4 Å². The molecule has 1 aromatic carbocycles. The van der Waals surface area contributed by atoms with Crippen LogP contribution in [-0.2, 0) is 4.79 Å². The molecule has 0 radical (unpaired) electrons. The molecule has 0 bridgehead atoms. The number of benzene rings is 1. The molecule has 1 amide bonds. The largest absolute Gasteiger partial charge is 0.497 e. The first kappa shape index (κ1) is 18.5. The summed E-state index contributed by atoms with van der Waals surface area (Å²) < 4.78 is 10.3. The van der Waals surface area contributed by atoms with Crippen molar-refractivity contribution in [3.8, 4) is 11.5 Å². The molecule has 1 aliphatic rings. The topological polar surface area (TPSA) is 79.8 Å². The minimum atomic E-state index is -0.799. The molecule has 0 saturated carbocycles. The predicted molar refractivity (Wildman–Crippen MR) is 85.7 cm³/mol. The summed E-state index contributed by atoms with van der Waals surface area (Å²) in [7, 11) is 3.11. The number of hydrogen-bond donors (Lipinski definition) is 3. The number of carbonyl (C=O) groups excluding carboxylic acids is 1. The third kappa shape index (κ3) is 4.76. The first-order valence-corrected chi connectivity index (χ1v) is 7.03. The Morgan fingerprint density at radius 3 is 2.50 bits per heavy atom. The van der Waals surface area contributed by atoms with E-state index in [1.54, 1.807) is 32.4 Å². The number of aliphatic hydroxyl groups is 1. The molecule has 0 spiro atoms. The van der Waals surface area contributed by atoms with Crippen molar-refractivity contribution in [2.45, 2.75) is 12.5 Å². The Morgan fingerprint density at radius 2 is 2.00 bits per heavy atom. The minimum Gasteiger partial charge on any atom is -0.497 e. The molecule has 1 saturated heterocycles. The van der Waals surface area contributed by atoms with Gasteiger partial charge >= 0.3 is 0 Å². The van der Waals surface area contributed by atoms with Gasteiger partial charge in [-0.15, -0.1) is 12.4 Å². The highest BCUT2D eigenvalue weighted by molar-refractivity contribution is 5.85. The minimum absolute atomic E-state index is 0. The van der Waals surface area contributed by atoms with Crippen molar-refractivity contribution in [3.63, 3.8) is 0 Å². The van der Waals surface area contributed by atoms with E-state index >= 15 is 0 Å². The number of aliphatic hydroxyl groups excluding tert-OH is 1. The number of amides is 1. The lowest BCUT2D eigenvalue weighted by molar-refractivity contribution is -0.124. The van der Waals surface area contributed by atoms with Crippen LogP contribution in [0.5, 0.6) is 11.5 Å². The molecule has 1 aliphatic heterocycles. The number of halogens is 1. The van der Waals surface area contributed by atoms with Gasteiger partial charge in [0.15, 0.2) is 0 Å². The number of ether oxygens (including phenoxy) is 2.